The highest BCUT2D eigenvalue weighted by Crippen LogP contribution is 2.42. The van der Waals surface area contributed by atoms with Crippen LogP contribution in [0.5, 0.6) is 0 Å². The van der Waals surface area contributed by atoms with E-state index in [0.717, 1.165) is 48.5 Å². The van der Waals surface area contributed by atoms with Gasteiger partial charge in [0.2, 0.25) is 11.9 Å². The highest BCUT2D eigenvalue weighted by atomic mass is 32.2. The van der Waals surface area contributed by atoms with Crippen molar-refractivity contribution in [3.63, 3.8) is 0 Å². The lowest BCUT2D eigenvalue weighted by atomic mass is 10.00. The van der Waals surface area contributed by atoms with Crippen molar-refractivity contribution in [1.29, 1.82) is 0 Å². The van der Waals surface area contributed by atoms with Crippen LogP contribution in [0.4, 0.5) is 10.3 Å². The molecule has 2 heterocycles. The molecule has 1 atom stereocenters. The number of piperidine rings is 1. The number of amides is 1. The predicted molar refractivity (Wildman–Crippen MR) is 117 cm³/mol. The molecule has 0 spiro atoms. The lowest BCUT2D eigenvalue weighted by Gasteiger charge is -2.31. The molecule has 1 saturated heterocycles. The molecule has 8 heteroatoms. The van der Waals surface area contributed by atoms with Crippen molar-refractivity contribution in [2.24, 2.45) is 5.92 Å². The molecule has 0 N–H and O–H groups in total. The Bertz CT molecular complexity index is 891. The van der Waals surface area contributed by atoms with Crippen LogP contribution < -0.4 is 4.90 Å². The summed E-state index contributed by atoms with van der Waals surface area (Å²) in [5.74, 6) is 1.44. The summed E-state index contributed by atoms with van der Waals surface area (Å²) in [6, 6.07) is 6.83. The Balaban J connectivity index is 1.43. The van der Waals surface area contributed by atoms with Crippen LogP contribution in [0, 0.1) is 11.7 Å². The van der Waals surface area contributed by atoms with Crippen molar-refractivity contribution in [2.45, 2.75) is 62.5 Å². The Hall–Kier alpha value is -2.09. The number of carbonyl (C=O) groups is 1. The average molecular weight is 432 g/mol. The van der Waals surface area contributed by atoms with Gasteiger partial charge in [-0.1, -0.05) is 30.8 Å². The van der Waals surface area contributed by atoms with E-state index in [1.54, 1.807) is 18.0 Å². The maximum Gasteiger partial charge on any atom is 0.235 e. The number of thioether (sulfide) groups is 1. The van der Waals surface area contributed by atoms with Crippen LogP contribution in [0.1, 0.15) is 51.1 Å². The van der Waals surface area contributed by atoms with Crippen molar-refractivity contribution in [3.05, 3.63) is 35.6 Å². The molecule has 2 aromatic rings. The molecule has 1 unspecified atom stereocenters. The van der Waals surface area contributed by atoms with Crippen LogP contribution in [0.2, 0.25) is 0 Å². The molecule has 2 fully saturated rings. The molecule has 6 nitrogen and oxygen atoms in total. The van der Waals surface area contributed by atoms with E-state index in [4.69, 9.17) is 0 Å². The standard InChI is InChI=1S/C22H30FN5OS/c1-15-9-11-27(12-10-15)21-24-25-22(28(21)19-7-8-19)30-16(2)20(29)26(3)14-17-5-4-6-18(23)13-17/h4-6,13,15-16,19H,7-12,14H2,1-3H3. The Morgan fingerprint density at radius 3 is 2.67 bits per heavy atom. The van der Waals surface area contributed by atoms with E-state index < -0.39 is 0 Å². The first kappa shape index (κ1) is 21.2. The predicted octanol–water partition coefficient (Wildman–Crippen LogP) is 4.13. The van der Waals surface area contributed by atoms with Gasteiger partial charge in [0.25, 0.3) is 0 Å². The maximum absolute atomic E-state index is 13.4. The topological polar surface area (TPSA) is 54.3 Å². The molecular weight excluding hydrogens is 401 g/mol. The summed E-state index contributed by atoms with van der Waals surface area (Å²) in [7, 11) is 1.76. The maximum atomic E-state index is 13.4. The molecular formula is C22H30FN5OS. The monoisotopic (exact) mass is 431 g/mol. The van der Waals surface area contributed by atoms with Crippen LogP contribution in [-0.2, 0) is 11.3 Å². The number of carbonyl (C=O) groups excluding carboxylic acids is 1. The lowest BCUT2D eigenvalue weighted by Crippen LogP contribution is -2.35. The van der Waals surface area contributed by atoms with E-state index in [-0.39, 0.29) is 17.0 Å². The van der Waals surface area contributed by atoms with E-state index >= 15 is 0 Å². The molecule has 1 aliphatic heterocycles. The molecule has 1 aromatic heterocycles. The summed E-state index contributed by atoms with van der Waals surface area (Å²) in [5.41, 5.74) is 0.783. The summed E-state index contributed by atoms with van der Waals surface area (Å²) in [5, 5.41) is 9.51. The lowest BCUT2D eigenvalue weighted by molar-refractivity contribution is -0.129. The number of nitrogens with zero attached hydrogens (tertiary/aromatic N) is 5. The zero-order chi connectivity index (χ0) is 21.3. The zero-order valence-corrected chi connectivity index (χ0v) is 18.7. The van der Waals surface area contributed by atoms with Crippen LogP contribution >= 0.6 is 11.8 Å². The minimum absolute atomic E-state index is 0.00274. The van der Waals surface area contributed by atoms with Crippen molar-refractivity contribution in [1.82, 2.24) is 19.7 Å². The summed E-state index contributed by atoms with van der Waals surface area (Å²) >= 11 is 1.47. The average Bonchev–Trinajstić information content (AvgIpc) is 3.48. The van der Waals surface area contributed by atoms with Crippen LogP contribution in [0.3, 0.4) is 0 Å². The summed E-state index contributed by atoms with van der Waals surface area (Å²) in [6.07, 6.45) is 4.65. The van der Waals surface area contributed by atoms with Crippen LogP contribution in [0.15, 0.2) is 29.4 Å². The quantitative estimate of drug-likeness (QED) is 0.617. The van der Waals surface area contributed by atoms with Gasteiger partial charge < -0.3 is 9.80 Å². The van der Waals surface area contributed by atoms with Gasteiger partial charge in [0.1, 0.15) is 5.82 Å². The van der Waals surface area contributed by atoms with Gasteiger partial charge in [-0.15, -0.1) is 10.2 Å². The number of benzene rings is 1. The molecule has 1 aliphatic carbocycles. The van der Waals surface area contributed by atoms with Gasteiger partial charge in [-0.25, -0.2) is 4.39 Å². The summed E-state index contributed by atoms with van der Waals surface area (Å²) in [4.78, 5) is 16.9. The fourth-order valence-corrected chi connectivity index (χ4v) is 4.96. The summed E-state index contributed by atoms with van der Waals surface area (Å²) in [6.45, 7) is 6.62. The molecule has 4 rings (SSSR count). The van der Waals surface area contributed by atoms with Crippen LogP contribution in [-0.4, -0.2) is 51.0 Å². The number of hydrogen-bond donors (Lipinski definition) is 0. The zero-order valence-electron chi connectivity index (χ0n) is 17.9. The van der Waals surface area contributed by atoms with Crippen LogP contribution in [0.25, 0.3) is 0 Å². The third kappa shape index (κ3) is 4.79. The van der Waals surface area contributed by atoms with Crippen molar-refractivity contribution in [2.75, 3.05) is 25.0 Å². The first-order valence-electron chi connectivity index (χ1n) is 10.8. The summed E-state index contributed by atoms with van der Waals surface area (Å²) < 4.78 is 15.7. The minimum atomic E-state index is -0.292. The minimum Gasteiger partial charge on any atom is -0.341 e. The Morgan fingerprint density at radius 2 is 2.00 bits per heavy atom. The number of rotatable bonds is 7. The molecule has 162 valence electrons. The van der Waals surface area contributed by atoms with E-state index in [0.29, 0.717) is 12.6 Å². The van der Waals surface area contributed by atoms with Gasteiger partial charge in [0.05, 0.1) is 5.25 Å². The van der Waals surface area contributed by atoms with E-state index in [1.807, 2.05) is 13.0 Å². The van der Waals surface area contributed by atoms with Crippen molar-refractivity contribution in [3.8, 4) is 0 Å². The normalized spacial score (nSPS) is 18.5. The number of hydrogen-bond acceptors (Lipinski definition) is 5. The number of aromatic nitrogens is 3. The first-order chi connectivity index (χ1) is 14.4. The molecule has 1 saturated carbocycles. The van der Waals surface area contributed by atoms with Gasteiger partial charge in [0.15, 0.2) is 5.16 Å². The van der Waals surface area contributed by atoms with E-state index in [2.05, 4.69) is 26.6 Å². The Morgan fingerprint density at radius 1 is 1.27 bits per heavy atom. The molecule has 1 aromatic carbocycles. The largest absolute Gasteiger partial charge is 0.341 e. The van der Waals surface area contributed by atoms with Gasteiger partial charge in [0, 0.05) is 32.7 Å². The number of halogens is 1. The third-order valence-corrected chi connectivity index (χ3v) is 6.98. The molecule has 0 bridgehead atoms. The van der Waals surface area contributed by atoms with Gasteiger partial charge in [-0.05, 0) is 56.2 Å². The molecule has 1 amide bonds. The SMILES string of the molecule is CC1CCN(c2nnc(SC(C)C(=O)N(C)Cc3cccc(F)c3)n2C2CC2)CC1. The second-order valence-corrected chi connectivity index (χ2v) is 9.95. The Kier molecular flexibility index (Phi) is 6.32. The second-order valence-electron chi connectivity index (χ2n) is 8.64. The number of anilines is 1. The highest BCUT2D eigenvalue weighted by molar-refractivity contribution is 8.00. The highest BCUT2D eigenvalue weighted by Gasteiger charge is 2.34. The fraction of sp³-hybridized carbons (Fsp3) is 0.591. The second kappa shape index (κ2) is 8.96. The van der Waals surface area contributed by atoms with E-state index in [1.165, 1.54) is 36.7 Å². The van der Waals surface area contributed by atoms with Crippen molar-refractivity contribution < 1.29 is 9.18 Å². The Labute approximate surface area is 181 Å². The third-order valence-electron chi connectivity index (χ3n) is 5.94. The first-order valence-corrected chi connectivity index (χ1v) is 11.7. The molecule has 30 heavy (non-hydrogen) atoms. The fourth-order valence-electron chi connectivity index (χ4n) is 3.93. The molecule has 0 radical (unpaired) electrons. The van der Waals surface area contributed by atoms with Crippen molar-refractivity contribution >= 4 is 23.6 Å². The smallest absolute Gasteiger partial charge is 0.235 e. The van der Waals surface area contributed by atoms with E-state index in [9.17, 15) is 9.18 Å². The van der Waals surface area contributed by atoms with Gasteiger partial charge in [-0.2, -0.15) is 0 Å². The van der Waals surface area contributed by atoms with Gasteiger partial charge >= 0.3 is 0 Å². The van der Waals surface area contributed by atoms with Gasteiger partial charge in [-0.3, -0.25) is 9.36 Å². The molecule has 2 aliphatic rings.